The molecule has 38 heavy (non-hydrogen) atoms. The zero-order valence-electron chi connectivity index (χ0n) is 19.3. The molecule has 0 spiro atoms. The van der Waals surface area contributed by atoms with Gasteiger partial charge in [0.05, 0.1) is 16.3 Å². The first-order valence-corrected chi connectivity index (χ1v) is 13.6. The molecule has 2 saturated carbocycles. The summed E-state index contributed by atoms with van der Waals surface area (Å²) >= 11 is 19.5. The summed E-state index contributed by atoms with van der Waals surface area (Å²) in [6, 6.07) is 11.5. The Morgan fingerprint density at radius 1 is 1.03 bits per heavy atom. The Balaban J connectivity index is 1.49. The summed E-state index contributed by atoms with van der Waals surface area (Å²) in [7, 11) is 0. The van der Waals surface area contributed by atoms with E-state index in [-0.39, 0.29) is 40.2 Å². The number of rotatable bonds is 6. The molecule has 2 aromatic heterocycles. The van der Waals surface area contributed by atoms with Crippen LogP contribution >= 0.6 is 46.1 Å². The van der Waals surface area contributed by atoms with Crippen LogP contribution in [0.25, 0.3) is 22.0 Å². The number of hydrogen-bond acceptors (Lipinski definition) is 5. The highest BCUT2D eigenvalue weighted by Gasteiger charge is 2.66. The molecule has 0 aliphatic heterocycles. The number of amides is 1. The van der Waals surface area contributed by atoms with Crippen molar-refractivity contribution < 1.29 is 18.0 Å². The third kappa shape index (κ3) is 4.37. The minimum absolute atomic E-state index is 0.0412. The minimum atomic E-state index is -4.43. The zero-order valence-corrected chi connectivity index (χ0v) is 22.4. The van der Waals surface area contributed by atoms with E-state index in [1.165, 1.54) is 0 Å². The van der Waals surface area contributed by atoms with E-state index in [9.17, 15) is 18.0 Å². The van der Waals surface area contributed by atoms with Gasteiger partial charge in [-0.2, -0.15) is 18.3 Å². The predicted octanol–water partition coefficient (Wildman–Crippen LogP) is 7.96. The van der Waals surface area contributed by atoms with Crippen LogP contribution in [-0.2, 0) is 5.41 Å². The van der Waals surface area contributed by atoms with Crippen LogP contribution < -0.4 is 4.90 Å². The molecule has 0 unspecified atom stereocenters. The molecule has 0 atom stereocenters. The number of nitrogens with zero attached hydrogens (tertiary/aromatic N) is 4. The number of anilines is 1. The minimum Gasteiger partial charge on any atom is -0.304 e. The Hall–Kier alpha value is -2.66. The SMILES string of the molecule is O=C(c1c(-c2ccc(Cl)cc2)n[nH]c1-c1nnc(C2(C(F)(F)F)CC2)s1)N(c1ccc(Cl)cc1Cl)C1CC1. The van der Waals surface area contributed by atoms with Gasteiger partial charge in [0.15, 0.2) is 5.01 Å². The fourth-order valence-electron chi connectivity index (χ4n) is 4.38. The zero-order chi connectivity index (χ0) is 26.8. The van der Waals surface area contributed by atoms with Gasteiger partial charge in [0.25, 0.3) is 5.91 Å². The van der Waals surface area contributed by atoms with Gasteiger partial charge in [0.1, 0.15) is 21.8 Å². The molecular formula is C25H17Cl3F3N5OS. The fourth-order valence-corrected chi connectivity index (χ4v) is 6.12. The Bertz CT molecular complexity index is 1540. The summed E-state index contributed by atoms with van der Waals surface area (Å²) in [5.74, 6) is -0.417. The number of benzene rings is 2. The van der Waals surface area contributed by atoms with Crippen molar-refractivity contribution in [3.8, 4) is 22.0 Å². The highest BCUT2D eigenvalue weighted by Crippen LogP contribution is 2.60. The maximum Gasteiger partial charge on any atom is 0.400 e. The fraction of sp³-hybridized carbons (Fsp3) is 0.280. The van der Waals surface area contributed by atoms with Gasteiger partial charge in [0.2, 0.25) is 0 Å². The van der Waals surface area contributed by atoms with Crippen molar-refractivity contribution in [1.82, 2.24) is 20.4 Å². The van der Waals surface area contributed by atoms with Crippen molar-refractivity contribution in [2.75, 3.05) is 4.90 Å². The second kappa shape index (κ2) is 9.22. The molecule has 2 heterocycles. The number of aromatic nitrogens is 4. The lowest BCUT2D eigenvalue weighted by atomic mass is 10.0. The number of nitrogens with one attached hydrogen (secondary N) is 1. The lowest BCUT2D eigenvalue weighted by Crippen LogP contribution is -2.33. The van der Waals surface area contributed by atoms with Crippen LogP contribution in [0.15, 0.2) is 42.5 Å². The van der Waals surface area contributed by atoms with Crippen molar-refractivity contribution in [3.05, 3.63) is 68.1 Å². The van der Waals surface area contributed by atoms with Crippen molar-refractivity contribution in [2.24, 2.45) is 0 Å². The summed E-state index contributed by atoms with van der Waals surface area (Å²) in [5.41, 5.74) is -0.252. The van der Waals surface area contributed by atoms with E-state index in [4.69, 9.17) is 34.8 Å². The van der Waals surface area contributed by atoms with Crippen molar-refractivity contribution >= 4 is 57.7 Å². The van der Waals surface area contributed by atoms with E-state index in [0.29, 0.717) is 32.0 Å². The summed E-state index contributed by atoms with van der Waals surface area (Å²) in [4.78, 5) is 15.9. The molecule has 0 radical (unpaired) electrons. The Labute approximate surface area is 233 Å². The van der Waals surface area contributed by atoms with Crippen molar-refractivity contribution in [3.63, 3.8) is 0 Å². The number of H-pyrrole nitrogens is 1. The molecule has 4 aromatic rings. The maximum absolute atomic E-state index is 14.3. The largest absolute Gasteiger partial charge is 0.400 e. The first-order valence-electron chi connectivity index (χ1n) is 11.6. The third-order valence-electron chi connectivity index (χ3n) is 6.74. The molecule has 2 aromatic carbocycles. The van der Waals surface area contributed by atoms with E-state index in [1.54, 1.807) is 47.4 Å². The normalized spacial score (nSPS) is 16.5. The number of halogens is 6. The average Bonchev–Trinajstić information content (AvgIpc) is 3.78. The molecule has 6 rings (SSSR count). The lowest BCUT2D eigenvalue weighted by molar-refractivity contribution is -0.160. The van der Waals surface area contributed by atoms with E-state index in [2.05, 4.69) is 20.4 Å². The lowest BCUT2D eigenvalue weighted by Gasteiger charge is -2.24. The molecule has 2 aliphatic carbocycles. The van der Waals surface area contributed by atoms with Crippen LogP contribution in [-0.4, -0.2) is 38.5 Å². The van der Waals surface area contributed by atoms with Gasteiger partial charge in [-0.05, 0) is 56.0 Å². The van der Waals surface area contributed by atoms with E-state index in [0.717, 1.165) is 24.2 Å². The van der Waals surface area contributed by atoms with Crippen LogP contribution in [0.1, 0.15) is 41.0 Å². The molecular weight excluding hydrogens is 582 g/mol. The summed E-state index contributed by atoms with van der Waals surface area (Å²) in [6.07, 6.45) is -2.98. The van der Waals surface area contributed by atoms with Gasteiger partial charge in [-0.15, -0.1) is 10.2 Å². The monoisotopic (exact) mass is 597 g/mol. The highest BCUT2D eigenvalue weighted by molar-refractivity contribution is 7.14. The predicted molar refractivity (Wildman–Crippen MR) is 141 cm³/mol. The Morgan fingerprint density at radius 2 is 1.71 bits per heavy atom. The van der Waals surface area contributed by atoms with Crippen molar-refractivity contribution in [2.45, 2.75) is 43.3 Å². The van der Waals surface area contributed by atoms with Crippen LogP contribution in [0.5, 0.6) is 0 Å². The molecule has 6 nitrogen and oxygen atoms in total. The molecule has 2 fully saturated rings. The van der Waals surface area contributed by atoms with Crippen molar-refractivity contribution in [1.29, 1.82) is 0 Å². The number of hydrogen-bond donors (Lipinski definition) is 1. The number of carbonyl (C=O) groups is 1. The van der Waals surface area contributed by atoms with Crippen LogP contribution in [0.4, 0.5) is 18.9 Å². The molecule has 2 aliphatic rings. The van der Waals surface area contributed by atoms with E-state index >= 15 is 0 Å². The van der Waals surface area contributed by atoms with Gasteiger partial charge in [0, 0.05) is 21.7 Å². The summed E-state index contributed by atoms with van der Waals surface area (Å²) < 4.78 is 41.2. The summed E-state index contributed by atoms with van der Waals surface area (Å²) in [6.45, 7) is 0. The first-order chi connectivity index (χ1) is 18.1. The van der Waals surface area contributed by atoms with Gasteiger partial charge < -0.3 is 4.90 Å². The molecule has 0 saturated heterocycles. The maximum atomic E-state index is 14.3. The van der Waals surface area contributed by atoms with E-state index < -0.39 is 17.5 Å². The third-order valence-corrected chi connectivity index (χ3v) is 8.67. The van der Waals surface area contributed by atoms with Crippen LogP contribution in [0.2, 0.25) is 15.1 Å². The second-order valence-corrected chi connectivity index (χ2v) is 11.6. The standard InChI is InChI=1S/C25H17Cl3F3N5OS/c26-13-3-1-12(2-4-13)19-18(22(37)36(15-6-7-15)17-8-5-14(27)11-16(17)28)20(33-32-19)21-34-35-23(38-21)24(9-10-24)25(29,30)31/h1-5,8,11,15H,6-7,9-10H2,(H,32,33). The Morgan fingerprint density at radius 3 is 2.32 bits per heavy atom. The smallest absolute Gasteiger partial charge is 0.304 e. The van der Waals surface area contributed by atoms with Gasteiger partial charge in [-0.3, -0.25) is 9.89 Å². The molecule has 1 N–H and O–H groups in total. The molecule has 1 amide bonds. The topological polar surface area (TPSA) is 74.8 Å². The van der Waals surface area contributed by atoms with Crippen LogP contribution in [0, 0.1) is 0 Å². The highest BCUT2D eigenvalue weighted by atomic mass is 35.5. The van der Waals surface area contributed by atoms with Gasteiger partial charge >= 0.3 is 6.18 Å². The molecule has 13 heteroatoms. The number of alkyl halides is 3. The Kier molecular flexibility index (Phi) is 6.21. The quantitative estimate of drug-likeness (QED) is 0.244. The summed E-state index contributed by atoms with van der Waals surface area (Å²) in [5, 5.41) is 16.4. The van der Waals surface area contributed by atoms with Gasteiger partial charge in [-0.25, -0.2) is 0 Å². The number of aromatic amines is 1. The van der Waals surface area contributed by atoms with E-state index in [1.807, 2.05) is 0 Å². The molecule has 0 bridgehead atoms. The average molecular weight is 599 g/mol. The van der Waals surface area contributed by atoms with Gasteiger partial charge in [-0.1, -0.05) is 58.3 Å². The van der Waals surface area contributed by atoms with Crippen LogP contribution in [0.3, 0.4) is 0 Å². The first kappa shape index (κ1) is 25.6. The second-order valence-electron chi connectivity index (χ2n) is 9.32. The molecule has 196 valence electrons. The number of carbonyl (C=O) groups excluding carboxylic acids is 1.